The first kappa shape index (κ1) is 14.2. The summed E-state index contributed by atoms with van der Waals surface area (Å²) in [7, 11) is 1.40. The molecule has 3 N–H and O–H groups in total. The van der Waals surface area contributed by atoms with Gasteiger partial charge in [0.15, 0.2) is 11.6 Å². The molecule has 2 rings (SSSR count). The van der Waals surface area contributed by atoms with Gasteiger partial charge in [-0.2, -0.15) is 0 Å². The molecule has 2 amide bonds. The molecule has 1 aromatic rings. The number of anilines is 1. The van der Waals surface area contributed by atoms with Gasteiger partial charge in [-0.25, -0.2) is 8.78 Å². The highest BCUT2D eigenvalue weighted by molar-refractivity contribution is 6.00. The number of nitrogen functional groups attached to an aromatic ring is 1. The van der Waals surface area contributed by atoms with Gasteiger partial charge in [-0.1, -0.05) is 0 Å². The Bertz CT molecular complexity index is 559. The molecule has 108 valence electrons. The SMILES string of the molecule is CN(CC(=O)NC1CC1)C(=O)c1cc(F)c(F)cc1N. The molecule has 1 saturated carbocycles. The first-order chi connectivity index (χ1) is 9.38. The number of nitrogens with two attached hydrogens (primary N) is 1. The molecule has 0 saturated heterocycles. The van der Waals surface area contributed by atoms with E-state index in [-0.39, 0.29) is 29.7 Å². The Morgan fingerprint density at radius 2 is 1.95 bits per heavy atom. The number of hydrogen-bond acceptors (Lipinski definition) is 3. The van der Waals surface area contributed by atoms with Gasteiger partial charge in [0, 0.05) is 24.8 Å². The summed E-state index contributed by atoms with van der Waals surface area (Å²) in [6.07, 6.45) is 1.89. The molecule has 7 heteroatoms. The smallest absolute Gasteiger partial charge is 0.256 e. The lowest BCUT2D eigenvalue weighted by atomic mass is 10.1. The maximum absolute atomic E-state index is 13.1. The van der Waals surface area contributed by atoms with E-state index in [1.807, 2.05) is 0 Å². The van der Waals surface area contributed by atoms with Crippen LogP contribution >= 0.6 is 0 Å². The largest absolute Gasteiger partial charge is 0.398 e. The molecular formula is C13H15F2N3O2. The third-order valence-corrected chi connectivity index (χ3v) is 2.99. The zero-order chi connectivity index (χ0) is 14.9. The number of hydrogen-bond donors (Lipinski definition) is 2. The highest BCUT2D eigenvalue weighted by Crippen LogP contribution is 2.19. The molecule has 0 spiro atoms. The van der Waals surface area contributed by atoms with Crippen molar-refractivity contribution < 1.29 is 18.4 Å². The summed E-state index contributed by atoms with van der Waals surface area (Å²) in [5.41, 5.74) is 5.17. The number of nitrogens with zero attached hydrogens (tertiary/aromatic N) is 1. The van der Waals surface area contributed by atoms with Crippen LogP contribution in [0.1, 0.15) is 23.2 Å². The molecule has 20 heavy (non-hydrogen) atoms. The Balaban J connectivity index is 2.05. The Hall–Kier alpha value is -2.18. The van der Waals surface area contributed by atoms with Gasteiger partial charge in [-0.3, -0.25) is 9.59 Å². The molecule has 1 aliphatic carbocycles. The molecule has 1 aromatic carbocycles. The minimum absolute atomic E-state index is 0.159. The summed E-state index contributed by atoms with van der Waals surface area (Å²) in [6.45, 7) is -0.159. The van der Waals surface area contributed by atoms with E-state index in [1.54, 1.807) is 0 Å². The second kappa shape index (κ2) is 5.44. The second-order valence-electron chi connectivity index (χ2n) is 4.86. The van der Waals surface area contributed by atoms with Crippen molar-refractivity contribution in [2.75, 3.05) is 19.3 Å². The Morgan fingerprint density at radius 1 is 1.35 bits per heavy atom. The molecule has 0 heterocycles. The normalized spacial score (nSPS) is 13.9. The van der Waals surface area contributed by atoms with Gasteiger partial charge in [0.25, 0.3) is 5.91 Å². The third-order valence-electron chi connectivity index (χ3n) is 2.99. The molecular weight excluding hydrogens is 268 g/mol. The van der Waals surface area contributed by atoms with E-state index in [0.29, 0.717) is 0 Å². The minimum atomic E-state index is -1.15. The lowest BCUT2D eigenvalue weighted by Crippen LogP contribution is -2.39. The first-order valence-electron chi connectivity index (χ1n) is 6.18. The zero-order valence-electron chi connectivity index (χ0n) is 11.0. The van der Waals surface area contributed by atoms with E-state index in [2.05, 4.69) is 5.32 Å². The molecule has 5 nitrogen and oxygen atoms in total. The van der Waals surface area contributed by atoms with E-state index < -0.39 is 17.5 Å². The van der Waals surface area contributed by atoms with Gasteiger partial charge in [0.1, 0.15) is 0 Å². The summed E-state index contributed by atoms with van der Waals surface area (Å²) in [6, 6.07) is 1.68. The minimum Gasteiger partial charge on any atom is -0.398 e. The highest BCUT2D eigenvalue weighted by Gasteiger charge is 2.25. The monoisotopic (exact) mass is 283 g/mol. The average molecular weight is 283 g/mol. The fraction of sp³-hybridized carbons (Fsp3) is 0.385. The lowest BCUT2D eigenvalue weighted by molar-refractivity contribution is -0.121. The maximum Gasteiger partial charge on any atom is 0.256 e. The number of amides is 2. The number of likely N-dealkylation sites (N-methyl/N-ethyl adjacent to an activating group) is 1. The molecule has 0 aliphatic heterocycles. The van der Waals surface area contributed by atoms with Crippen LogP contribution in [0.15, 0.2) is 12.1 Å². The van der Waals surface area contributed by atoms with Gasteiger partial charge < -0.3 is 16.0 Å². The first-order valence-corrected chi connectivity index (χ1v) is 6.18. The quantitative estimate of drug-likeness (QED) is 0.806. The highest BCUT2D eigenvalue weighted by atomic mass is 19.2. The average Bonchev–Trinajstić information content (AvgIpc) is 3.16. The molecule has 0 aromatic heterocycles. The van der Waals surface area contributed by atoms with Crippen LogP contribution in [0.4, 0.5) is 14.5 Å². The molecule has 0 bridgehead atoms. The molecule has 0 atom stereocenters. The van der Waals surface area contributed by atoms with Crippen molar-refractivity contribution in [2.24, 2.45) is 0 Å². The van der Waals surface area contributed by atoms with E-state index in [9.17, 15) is 18.4 Å². The van der Waals surface area contributed by atoms with Gasteiger partial charge in [-0.15, -0.1) is 0 Å². The van der Waals surface area contributed by atoms with Gasteiger partial charge in [-0.05, 0) is 18.9 Å². The van der Waals surface area contributed by atoms with Crippen molar-refractivity contribution in [3.63, 3.8) is 0 Å². The van der Waals surface area contributed by atoms with Crippen molar-refractivity contribution >= 4 is 17.5 Å². The van der Waals surface area contributed by atoms with Crippen molar-refractivity contribution in [3.05, 3.63) is 29.3 Å². The van der Waals surface area contributed by atoms with Crippen LogP contribution in [0, 0.1) is 11.6 Å². The fourth-order valence-electron chi connectivity index (χ4n) is 1.74. The Morgan fingerprint density at radius 3 is 2.55 bits per heavy atom. The van der Waals surface area contributed by atoms with Crippen molar-refractivity contribution in [1.29, 1.82) is 0 Å². The summed E-state index contributed by atoms with van der Waals surface area (Å²) < 4.78 is 26.1. The molecule has 0 radical (unpaired) electrons. The van der Waals surface area contributed by atoms with Crippen molar-refractivity contribution in [2.45, 2.75) is 18.9 Å². The van der Waals surface area contributed by atoms with Crippen LogP contribution in [-0.4, -0.2) is 36.3 Å². The van der Waals surface area contributed by atoms with Crippen molar-refractivity contribution in [3.8, 4) is 0 Å². The van der Waals surface area contributed by atoms with Crippen LogP contribution in [0.25, 0.3) is 0 Å². The van der Waals surface area contributed by atoms with Crippen LogP contribution in [0.3, 0.4) is 0 Å². The number of carbonyl (C=O) groups is 2. The van der Waals surface area contributed by atoms with Crippen LogP contribution < -0.4 is 11.1 Å². The number of benzene rings is 1. The summed E-state index contributed by atoms with van der Waals surface area (Å²) >= 11 is 0. The predicted octanol–water partition coefficient (Wildman–Crippen LogP) is 0.898. The Labute approximate surface area is 114 Å². The summed E-state index contributed by atoms with van der Waals surface area (Å²) in [5, 5.41) is 2.73. The van der Waals surface area contributed by atoms with E-state index in [0.717, 1.165) is 29.9 Å². The molecule has 1 fully saturated rings. The second-order valence-corrected chi connectivity index (χ2v) is 4.86. The Kier molecular flexibility index (Phi) is 3.87. The maximum atomic E-state index is 13.1. The predicted molar refractivity (Wildman–Crippen MR) is 68.9 cm³/mol. The third kappa shape index (κ3) is 3.23. The number of nitrogens with one attached hydrogen (secondary N) is 1. The molecule has 0 unspecified atom stereocenters. The van der Waals surface area contributed by atoms with E-state index in [1.165, 1.54) is 7.05 Å². The summed E-state index contributed by atoms with van der Waals surface area (Å²) in [4.78, 5) is 24.7. The van der Waals surface area contributed by atoms with Gasteiger partial charge in [0.2, 0.25) is 5.91 Å². The van der Waals surface area contributed by atoms with Gasteiger partial charge in [0.05, 0.1) is 12.1 Å². The summed E-state index contributed by atoms with van der Waals surface area (Å²) in [5.74, 6) is -3.19. The van der Waals surface area contributed by atoms with Crippen LogP contribution in [0.5, 0.6) is 0 Å². The standard InChI is InChI=1S/C13H15F2N3O2/c1-18(6-12(19)17-7-2-3-7)13(20)8-4-9(14)10(15)5-11(8)16/h4-5,7H,2-3,6,16H2,1H3,(H,17,19). The van der Waals surface area contributed by atoms with Gasteiger partial charge >= 0.3 is 0 Å². The van der Waals surface area contributed by atoms with Crippen LogP contribution in [0.2, 0.25) is 0 Å². The van der Waals surface area contributed by atoms with E-state index >= 15 is 0 Å². The van der Waals surface area contributed by atoms with Crippen LogP contribution in [-0.2, 0) is 4.79 Å². The zero-order valence-corrected chi connectivity index (χ0v) is 11.0. The number of carbonyl (C=O) groups excluding carboxylic acids is 2. The lowest BCUT2D eigenvalue weighted by Gasteiger charge is -2.18. The van der Waals surface area contributed by atoms with Crippen molar-refractivity contribution in [1.82, 2.24) is 10.2 Å². The van der Waals surface area contributed by atoms with E-state index in [4.69, 9.17) is 5.73 Å². The number of rotatable bonds is 4. The fourth-order valence-corrected chi connectivity index (χ4v) is 1.74. The molecule has 1 aliphatic rings. The number of halogens is 2. The topological polar surface area (TPSA) is 75.4 Å².